The minimum Gasteiger partial charge on any atom is -0.507 e. The van der Waals surface area contributed by atoms with Crippen molar-refractivity contribution in [3.63, 3.8) is 0 Å². The number of carbonyl (C=O) groups excluding carboxylic acids is 2. The van der Waals surface area contributed by atoms with E-state index in [0.717, 1.165) is 5.56 Å². The first kappa shape index (κ1) is 24.9. The van der Waals surface area contributed by atoms with E-state index >= 15 is 0 Å². The summed E-state index contributed by atoms with van der Waals surface area (Å²) in [6.07, 6.45) is 0. The molecule has 1 heterocycles. The monoisotopic (exact) mass is 487 g/mol. The van der Waals surface area contributed by atoms with Gasteiger partial charge in [-0.1, -0.05) is 36.4 Å². The molecule has 1 saturated heterocycles. The number of ketones is 1. The van der Waals surface area contributed by atoms with Crippen LogP contribution in [0.15, 0.2) is 78.4 Å². The molecule has 0 radical (unpaired) electrons. The zero-order valence-corrected chi connectivity index (χ0v) is 20.6. The van der Waals surface area contributed by atoms with E-state index in [2.05, 4.69) is 0 Å². The van der Waals surface area contributed by atoms with Crippen molar-refractivity contribution in [3.05, 3.63) is 95.1 Å². The molecule has 1 aliphatic rings. The lowest BCUT2D eigenvalue weighted by Gasteiger charge is -2.26. The second-order valence-corrected chi connectivity index (χ2v) is 8.24. The summed E-state index contributed by atoms with van der Waals surface area (Å²) in [5, 5.41) is 11.3. The molecule has 4 rings (SSSR count). The molecule has 36 heavy (non-hydrogen) atoms. The maximum atomic E-state index is 13.3. The Bertz CT molecular complexity index is 1280. The van der Waals surface area contributed by atoms with E-state index in [0.29, 0.717) is 41.6 Å². The van der Waals surface area contributed by atoms with Gasteiger partial charge < -0.3 is 24.2 Å². The third-order valence-electron chi connectivity index (χ3n) is 5.96. The topological polar surface area (TPSA) is 85.3 Å². The van der Waals surface area contributed by atoms with Crippen LogP contribution in [-0.2, 0) is 16.1 Å². The molecule has 1 fully saturated rings. The predicted octanol–water partition coefficient (Wildman–Crippen LogP) is 5.11. The Morgan fingerprint density at radius 2 is 1.50 bits per heavy atom. The number of methoxy groups -OCH3 is 1. The van der Waals surface area contributed by atoms with Crippen LogP contribution < -0.4 is 14.2 Å². The Labute approximate surface area is 210 Å². The Morgan fingerprint density at radius 3 is 2.14 bits per heavy atom. The van der Waals surface area contributed by atoms with Crippen LogP contribution >= 0.6 is 0 Å². The van der Waals surface area contributed by atoms with Crippen LogP contribution in [0.5, 0.6) is 17.2 Å². The molecule has 7 heteroatoms. The van der Waals surface area contributed by atoms with Crippen LogP contribution in [0.3, 0.4) is 0 Å². The van der Waals surface area contributed by atoms with Gasteiger partial charge in [-0.05, 0) is 61.4 Å². The van der Waals surface area contributed by atoms with Crippen molar-refractivity contribution in [2.24, 2.45) is 0 Å². The number of ether oxygens (including phenoxy) is 3. The maximum Gasteiger partial charge on any atom is 0.295 e. The second kappa shape index (κ2) is 11.0. The lowest BCUT2D eigenvalue weighted by atomic mass is 9.95. The number of hydrogen-bond acceptors (Lipinski definition) is 6. The predicted molar refractivity (Wildman–Crippen MR) is 136 cm³/mol. The maximum absolute atomic E-state index is 13.3. The quantitative estimate of drug-likeness (QED) is 0.256. The van der Waals surface area contributed by atoms with Crippen LogP contribution in [0, 0.1) is 0 Å². The van der Waals surface area contributed by atoms with E-state index in [1.54, 1.807) is 49.6 Å². The van der Waals surface area contributed by atoms with Gasteiger partial charge in [-0.3, -0.25) is 9.59 Å². The summed E-state index contributed by atoms with van der Waals surface area (Å²) in [5.74, 6) is 0.192. The number of rotatable bonds is 9. The SMILES string of the molecule is CCOc1cccc(/C(O)=C2/C(=O)C(=O)N(Cc3ccc(OC)cc3)C2c2cccc(OCC)c2)c1. The molecule has 1 atom stereocenters. The van der Waals surface area contributed by atoms with Gasteiger partial charge in [0.1, 0.15) is 23.0 Å². The van der Waals surface area contributed by atoms with E-state index in [9.17, 15) is 14.7 Å². The van der Waals surface area contributed by atoms with Gasteiger partial charge in [-0.15, -0.1) is 0 Å². The summed E-state index contributed by atoms with van der Waals surface area (Å²) in [5.41, 5.74) is 1.91. The highest BCUT2D eigenvalue weighted by molar-refractivity contribution is 6.46. The third kappa shape index (κ3) is 5.05. The van der Waals surface area contributed by atoms with Gasteiger partial charge in [0.15, 0.2) is 0 Å². The van der Waals surface area contributed by atoms with Crippen LogP contribution in [0.2, 0.25) is 0 Å². The van der Waals surface area contributed by atoms with E-state index in [1.165, 1.54) is 4.90 Å². The molecule has 0 saturated carbocycles. The van der Waals surface area contributed by atoms with E-state index < -0.39 is 17.7 Å². The molecule has 3 aromatic rings. The lowest BCUT2D eigenvalue weighted by molar-refractivity contribution is -0.140. The van der Waals surface area contributed by atoms with Crippen LogP contribution in [0.1, 0.15) is 36.6 Å². The number of likely N-dealkylation sites (tertiary alicyclic amines) is 1. The van der Waals surface area contributed by atoms with Crippen molar-refractivity contribution >= 4 is 17.4 Å². The summed E-state index contributed by atoms with van der Waals surface area (Å²) in [6, 6.07) is 20.6. The molecule has 0 spiro atoms. The number of Topliss-reactive ketones (excluding diaryl/α,β-unsaturated/α-hetero) is 1. The first-order chi connectivity index (χ1) is 17.5. The Morgan fingerprint density at radius 1 is 0.861 bits per heavy atom. The average Bonchev–Trinajstić information content (AvgIpc) is 3.14. The van der Waals surface area contributed by atoms with E-state index in [-0.39, 0.29) is 17.9 Å². The molecule has 1 amide bonds. The first-order valence-electron chi connectivity index (χ1n) is 11.8. The number of carbonyl (C=O) groups is 2. The first-order valence-corrected chi connectivity index (χ1v) is 11.8. The fourth-order valence-electron chi connectivity index (χ4n) is 4.31. The largest absolute Gasteiger partial charge is 0.507 e. The van der Waals surface area contributed by atoms with Gasteiger partial charge in [0.2, 0.25) is 0 Å². The molecular formula is C29H29NO6. The summed E-state index contributed by atoms with van der Waals surface area (Å²) < 4.78 is 16.5. The van der Waals surface area contributed by atoms with Gasteiger partial charge in [-0.2, -0.15) is 0 Å². The molecule has 3 aromatic carbocycles. The zero-order chi connectivity index (χ0) is 25.7. The number of aliphatic hydroxyl groups is 1. The number of amides is 1. The minimum atomic E-state index is -0.803. The van der Waals surface area contributed by atoms with Gasteiger partial charge in [0.05, 0.1) is 31.9 Å². The Balaban J connectivity index is 1.83. The van der Waals surface area contributed by atoms with Crippen LogP contribution in [0.4, 0.5) is 0 Å². The smallest absolute Gasteiger partial charge is 0.295 e. The van der Waals surface area contributed by atoms with Crippen molar-refractivity contribution in [1.29, 1.82) is 0 Å². The average molecular weight is 488 g/mol. The fourth-order valence-corrected chi connectivity index (χ4v) is 4.31. The molecule has 0 aliphatic carbocycles. The summed E-state index contributed by atoms with van der Waals surface area (Å²) in [6.45, 7) is 4.85. The third-order valence-corrected chi connectivity index (χ3v) is 5.96. The highest BCUT2D eigenvalue weighted by atomic mass is 16.5. The van der Waals surface area contributed by atoms with Crippen LogP contribution in [-0.4, -0.2) is 42.0 Å². The normalized spacial score (nSPS) is 16.8. The molecule has 1 N–H and O–H groups in total. The van der Waals surface area contributed by atoms with Gasteiger partial charge in [0, 0.05) is 12.1 Å². The van der Waals surface area contributed by atoms with E-state index in [1.807, 2.05) is 44.2 Å². The van der Waals surface area contributed by atoms with Gasteiger partial charge >= 0.3 is 0 Å². The number of nitrogens with zero attached hydrogens (tertiary/aromatic N) is 1. The Kier molecular flexibility index (Phi) is 7.59. The van der Waals surface area contributed by atoms with Gasteiger partial charge in [0.25, 0.3) is 11.7 Å². The highest BCUT2D eigenvalue weighted by Crippen LogP contribution is 2.41. The number of aliphatic hydroxyl groups excluding tert-OH is 1. The Hall–Kier alpha value is -4.26. The van der Waals surface area contributed by atoms with Crippen molar-refractivity contribution in [2.75, 3.05) is 20.3 Å². The molecule has 0 aromatic heterocycles. The van der Waals surface area contributed by atoms with Gasteiger partial charge in [-0.25, -0.2) is 0 Å². The van der Waals surface area contributed by atoms with Crippen molar-refractivity contribution < 1.29 is 28.9 Å². The van der Waals surface area contributed by atoms with Crippen molar-refractivity contribution in [1.82, 2.24) is 4.90 Å². The number of benzene rings is 3. The van der Waals surface area contributed by atoms with Crippen LogP contribution in [0.25, 0.3) is 5.76 Å². The fraction of sp³-hybridized carbons (Fsp3) is 0.241. The second-order valence-electron chi connectivity index (χ2n) is 8.24. The van der Waals surface area contributed by atoms with Crippen molar-refractivity contribution in [2.45, 2.75) is 26.4 Å². The van der Waals surface area contributed by atoms with Crippen molar-refractivity contribution in [3.8, 4) is 17.2 Å². The summed E-state index contributed by atoms with van der Waals surface area (Å²) in [7, 11) is 1.58. The molecule has 1 unspecified atom stereocenters. The molecule has 0 bridgehead atoms. The molecule has 1 aliphatic heterocycles. The summed E-state index contributed by atoms with van der Waals surface area (Å²) in [4.78, 5) is 28.1. The lowest BCUT2D eigenvalue weighted by Crippen LogP contribution is -2.29. The molecule has 7 nitrogen and oxygen atoms in total. The highest BCUT2D eigenvalue weighted by Gasteiger charge is 2.46. The summed E-state index contributed by atoms with van der Waals surface area (Å²) >= 11 is 0. The standard InChI is InChI=1S/C29H29NO6/c1-4-35-23-10-6-8-20(16-23)26-25(27(31)21-9-7-11-24(17-21)36-5-2)28(32)29(33)30(26)18-19-12-14-22(34-3)15-13-19/h6-17,26,31H,4-5,18H2,1-3H3/b27-25-. The molecular weight excluding hydrogens is 458 g/mol. The van der Waals surface area contributed by atoms with E-state index in [4.69, 9.17) is 14.2 Å². The molecule has 186 valence electrons. The minimum absolute atomic E-state index is 0.0239. The zero-order valence-electron chi connectivity index (χ0n) is 20.6. The number of hydrogen-bond donors (Lipinski definition) is 1.